The van der Waals surface area contributed by atoms with Gasteiger partial charge in [0.2, 0.25) is 0 Å². The summed E-state index contributed by atoms with van der Waals surface area (Å²) >= 11 is 0. The predicted molar refractivity (Wildman–Crippen MR) is 143 cm³/mol. The Bertz CT molecular complexity index is 1170. The van der Waals surface area contributed by atoms with Gasteiger partial charge in [0.05, 0.1) is 17.0 Å². The number of anilines is 1. The maximum absolute atomic E-state index is 13.4. The van der Waals surface area contributed by atoms with E-state index in [1.165, 1.54) is 5.69 Å². The summed E-state index contributed by atoms with van der Waals surface area (Å²) in [6, 6.07) is 16.5. The average molecular weight is 483 g/mol. The fraction of sp³-hybridized carbons (Fsp3) is 0.345. The predicted octanol–water partition coefficient (Wildman–Crippen LogP) is 3.62. The summed E-state index contributed by atoms with van der Waals surface area (Å²) < 4.78 is 0. The van der Waals surface area contributed by atoms with Crippen molar-refractivity contribution >= 4 is 11.6 Å². The molecule has 2 aromatic rings. The highest BCUT2D eigenvalue weighted by atomic mass is 16.2. The molecule has 2 aliphatic rings. The molecule has 7 heteroatoms. The highest BCUT2D eigenvalue weighted by molar-refractivity contribution is 5.94. The van der Waals surface area contributed by atoms with Crippen molar-refractivity contribution in [1.82, 2.24) is 19.7 Å². The lowest BCUT2D eigenvalue weighted by atomic mass is 10.1. The van der Waals surface area contributed by atoms with Gasteiger partial charge in [0.1, 0.15) is 11.8 Å². The molecule has 0 aliphatic carbocycles. The zero-order chi connectivity index (χ0) is 25.5. The lowest BCUT2D eigenvalue weighted by Crippen LogP contribution is -2.49. The van der Waals surface area contributed by atoms with E-state index in [2.05, 4.69) is 46.1 Å². The summed E-state index contributed by atoms with van der Waals surface area (Å²) in [5, 5.41) is 9.26. The van der Waals surface area contributed by atoms with E-state index in [4.69, 9.17) is 4.98 Å². The lowest BCUT2D eigenvalue weighted by Gasteiger charge is -2.37. The smallest absolute Gasteiger partial charge is 0.272 e. The van der Waals surface area contributed by atoms with E-state index in [0.717, 1.165) is 56.2 Å². The summed E-state index contributed by atoms with van der Waals surface area (Å²) in [6.07, 6.45) is 3.54. The summed E-state index contributed by atoms with van der Waals surface area (Å²) in [7, 11) is 0. The Hall–Kier alpha value is -3.89. The van der Waals surface area contributed by atoms with E-state index >= 15 is 0 Å². The van der Waals surface area contributed by atoms with E-state index in [9.17, 15) is 10.1 Å². The second kappa shape index (κ2) is 11.7. The minimum atomic E-state index is 0.0149. The fourth-order valence-corrected chi connectivity index (χ4v) is 4.77. The van der Waals surface area contributed by atoms with E-state index < -0.39 is 0 Å². The molecule has 2 fully saturated rings. The molecule has 1 aromatic carbocycles. The normalized spacial score (nSPS) is 17.0. The number of para-hydroxylation sites is 1. The molecule has 0 radical (unpaired) electrons. The number of amides is 1. The van der Waals surface area contributed by atoms with Crippen LogP contribution in [0, 0.1) is 18.3 Å². The van der Waals surface area contributed by atoms with Crippen molar-refractivity contribution in [3.63, 3.8) is 0 Å². The largest absolute Gasteiger partial charge is 0.368 e. The van der Waals surface area contributed by atoms with E-state index in [1.807, 2.05) is 48.2 Å². The van der Waals surface area contributed by atoms with Crippen molar-refractivity contribution in [2.24, 2.45) is 0 Å². The maximum atomic E-state index is 13.4. The first-order valence-corrected chi connectivity index (χ1v) is 12.5. The number of aromatic nitrogens is 1. The van der Waals surface area contributed by atoms with Crippen LogP contribution < -0.4 is 4.90 Å². The molecule has 2 saturated heterocycles. The Morgan fingerprint density at radius 2 is 1.67 bits per heavy atom. The van der Waals surface area contributed by atoms with E-state index in [-0.39, 0.29) is 5.91 Å². The third-order valence-corrected chi connectivity index (χ3v) is 6.86. The van der Waals surface area contributed by atoms with Crippen molar-refractivity contribution in [1.29, 1.82) is 5.26 Å². The van der Waals surface area contributed by atoms with Crippen molar-refractivity contribution in [2.45, 2.75) is 13.5 Å². The maximum Gasteiger partial charge on any atom is 0.272 e. The number of benzene rings is 1. The number of aryl methyl sites for hydroxylation is 1. The first-order valence-electron chi connectivity index (χ1n) is 12.5. The number of rotatable bonds is 7. The number of pyridine rings is 1. The summed E-state index contributed by atoms with van der Waals surface area (Å²) in [6.45, 7) is 16.6. The molecular formula is C29H34N6O. The molecule has 2 aliphatic heterocycles. The monoisotopic (exact) mass is 482 g/mol. The molecule has 1 amide bonds. The molecule has 0 unspecified atom stereocenters. The number of nitrogens with zero attached hydrogens (tertiary/aromatic N) is 6. The molecule has 0 bridgehead atoms. The highest BCUT2D eigenvalue weighted by Gasteiger charge is 2.25. The van der Waals surface area contributed by atoms with Crippen LogP contribution >= 0.6 is 0 Å². The summed E-state index contributed by atoms with van der Waals surface area (Å²) in [4.78, 5) is 26.9. The van der Waals surface area contributed by atoms with Gasteiger partial charge < -0.3 is 14.7 Å². The molecule has 36 heavy (non-hydrogen) atoms. The van der Waals surface area contributed by atoms with Gasteiger partial charge in [-0.25, -0.2) is 4.98 Å². The first kappa shape index (κ1) is 25.2. The fourth-order valence-electron chi connectivity index (χ4n) is 4.77. The van der Waals surface area contributed by atoms with Crippen LogP contribution in [0.2, 0.25) is 0 Å². The van der Waals surface area contributed by atoms with E-state index in [1.54, 1.807) is 6.08 Å². The molecular weight excluding hydrogens is 448 g/mol. The molecule has 0 atom stereocenters. The summed E-state index contributed by atoms with van der Waals surface area (Å²) in [5.41, 5.74) is 4.86. The number of nitriles is 1. The van der Waals surface area contributed by atoms with Crippen molar-refractivity contribution in [2.75, 3.05) is 57.3 Å². The molecule has 186 valence electrons. The first-order chi connectivity index (χ1) is 17.5. The highest BCUT2D eigenvalue weighted by Crippen LogP contribution is 2.20. The molecule has 0 spiro atoms. The van der Waals surface area contributed by atoms with Crippen LogP contribution in [0.1, 0.15) is 21.7 Å². The standard InChI is InChI=1S/C29H34N6O/c1-4-8-27(24(3)21-30)34-15-13-32(14-16-34)22-25-12-11-23(2)28(31-25)29(36)35-19-17-33(18-20-35)26-9-6-5-7-10-26/h4-12H,1,3,13-20,22H2,2H3/b27-8+. The quantitative estimate of drug-likeness (QED) is 0.444. The van der Waals surface area contributed by atoms with Crippen LogP contribution in [-0.2, 0) is 6.54 Å². The number of piperazine rings is 2. The van der Waals surface area contributed by atoms with Gasteiger partial charge in [0.25, 0.3) is 5.91 Å². The number of allylic oxidation sites excluding steroid dienone is 3. The summed E-state index contributed by atoms with van der Waals surface area (Å²) in [5.74, 6) is 0.0149. The number of carbonyl (C=O) groups is 1. The molecule has 0 saturated carbocycles. The average Bonchev–Trinajstić information content (AvgIpc) is 2.93. The minimum absolute atomic E-state index is 0.0149. The lowest BCUT2D eigenvalue weighted by molar-refractivity contribution is 0.0739. The van der Waals surface area contributed by atoms with Gasteiger partial charge in [-0.3, -0.25) is 9.69 Å². The van der Waals surface area contributed by atoms with Crippen molar-refractivity contribution in [3.05, 3.63) is 96.0 Å². The number of hydrogen-bond donors (Lipinski definition) is 0. The van der Waals surface area contributed by atoms with Gasteiger partial charge in [0, 0.05) is 64.6 Å². The molecule has 7 nitrogen and oxygen atoms in total. The van der Waals surface area contributed by atoms with E-state index in [0.29, 0.717) is 30.9 Å². The zero-order valence-electron chi connectivity index (χ0n) is 21.1. The van der Waals surface area contributed by atoms with Gasteiger partial charge >= 0.3 is 0 Å². The second-order valence-corrected chi connectivity index (χ2v) is 9.22. The van der Waals surface area contributed by atoms with Gasteiger partial charge in [-0.15, -0.1) is 0 Å². The van der Waals surface area contributed by atoms with Gasteiger partial charge in [-0.2, -0.15) is 5.26 Å². The molecule has 4 rings (SSSR count). The van der Waals surface area contributed by atoms with Crippen LogP contribution in [0.4, 0.5) is 5.69 Å². The third-order valence-electron chi connectivity index (χ3n) is 6.86. The SMILES string of the molecule is C=C/C=C(\C(=C)C#N)N1CCN(Cc2ccc(C)c(C(=O)N3CCN(c4ccccc4)CC3)n2)CC1. The Morgan fingerprint density at radius 1 is 1.00 bits per heavy atom. The molecule has 0 N–H and O–H groups in total. The van der Waals surface area contributed by atoms with Crippen molar-refractivity contribution in [3.8, 4) is 6.07 Å². The van der Waals surface area contributed by atoms with Gasteiger partial charge in [-0.05, 0) is 36.8 Å². The minimum Gasteiger partial charge on any atom is -0.368 e. The Morgan fingerprint density at radius 3 is 2.31 bits per heavy atom. The number of carbonyl (C=O) groups excluding carboxylic acids is 1. The zero-order valence-corrected chi connectivity index (χ0v) is 21.1. The van der Waals surface area contributed by atoms with Crippen LogP contribution in [0.5, 0.6) is 0 Å². The Labute approximate surface area is 214 Å². The van der Waals surface area contributed by atoms with Crippen LogP contribution in [0.3, 0.4) is 0 Å². The molecule has 3 heterocycles. The second-order valence-electron chi connectivity index (χ2n) is 9.22. The number of hydrogen-bond acceptors (Lipinski definition) is 6. The Kier molecular flexibility index (Phi) is 8.19. The molecule has 1 aromatic heterocycles. The Balaban J connectivity index is 1.35. The van der Waals surface area contributed by atoms with Crippen LogP contribution in [-0.4, -0.2) is 77.9 Å². The van der Waals surface area contributed by atoms with Gasteiger partial charge in [-0.1, -0.05) is 43.5 Å². The van der Waals surface area contributed by atoms with Gasteiger partial charge in [0.15, 0.2) is 0 Å². The van der Waals surface area contributed by atoms with Crippen molar-refractivity contribution < 1.29 is 4.79 Å². The topological polar surface area (TPSA) is 66.7 Å². The van der Waals surface area contributed by atoms with Crippen LogP contribution in [0.15, 0.2) is 79.0 Å². The third kappa shape index (κ3) is 5.84. The van der Waals surface area contributed by atoms with Crippen LogP contribution in [0.25, 0.3) is 0 Å².